The van der Waals surface area contributed by atoms with Gasteiger partial charge in [-0.05, 0) is 42.5 Å². The third kappa shape index (κ3) is 2.38. The van der Waals surface area contributed by atoms with E-state index < -0.39 is 0 Å². The third-order valence-electron chi connectivity index (χ3n) is 2.99. The highest BCUT2D eigenvalue weighted by atomic mass is 35.5. The summed E-state index contributed by atoms with van der Waals surface area (Å²) in [6.45, 7) is 0. The number of amides is 1. The standard InChI is InChI=1S/C15H10ClFN2O/c16-9-1-4-11(5-2-9)19-15(20)13-8-18-14-6-3-10(17)7-12(13)14/h1-8,18H,(H,19,20). The highest BCUT2D eigenvalue weighted by Crippen LogP contribution is 2.21. The number of carbonyl (C=O) groups is 1. The lowest BCUT2D eigenvalue weighted by Crippen LogP contribution is -2.11. The fourth-order valence-corrected chi connectivity index (χ4v) is 2.14. The maximum absolute atomic E-state index is 13.3. The van der Waals surface area contributed by atoms with Gasteiger partial charge in [-0.15, -0.1) is 0 Å². The van der Waals surface area contributed by atoms with Gasteiger partial charge in [0.25, 0.3) is 5.91 Å². The number of hydrogen-bond acceptors (Lipinski definition) is 1. The van der Waals surface area contributed by atoms with E-state index in [9.17, 15) is 9.18 Å². The van der Waals surface area contributed by atoms with E-state index in [1.807, 2.05) is 0 Å². The maximum atomic E-state index is 13.3. The molecule has 3 aromatic rings. The van der Waals surface area contributed by atoms with Crippen LogP contribution in [0.5, 0.6) is 0 Å². The molecule has 1 aromatic heterocycles. The number of benzene rings is 2. The first-order chi connectivity index (χ1) is 9.63. The number of H-pyrrole nitrogens is 1. The zero-order valence-electron chi connectivity index (χ0n) is 10.3. The summed E-state index contributed by atoms with van der Waals surface area (Å²) in [7, 11) is 0. The molecule has 0 atom stereocenters. The monoisotopic (exact) mass is 288 g/mol. The molecular formula is C15H10ClFN2O. The Morgan fingerprint density at radius 2 is 1.90 bits per heavy atom. The number of aromatic amines is 1. The SMILES string of the molecule is O=C(Nc1ccc(Cl)cc1)c1c[nH]c2ccc(F)cc12. The number of nitrogens with one attached hydrogen (secondary N) is 2. The van der Waals surface area contributed by atoms with Gasteiger partial charge in [0.1, 0.15) is 5.82 Å². The van der Waals surface area contributed by atoms with Gasteiger partial charge in [-0.2, -0.15) is 0 Å². The highest BCUT2D eigenvalue weighted by molar-refractivity contribution is 6.30. The second kappa shape index (κ2) is 4.98. The van der Waals surface area contributed by atoms with Crippen LogP contribution >= 0.6 is 11.6 Å². The Balaban J connectivity index is 1.92. The Bertz CT molecular complexity index is 780. The Labute approximate surface area is 119 Å². The van der Waals surface area contributed by atoms with Crippen LogP contribution in [-0.2, 0) is 0 Å². The molecule has 0 saturated carbocycles. The summed E-state index contributed by atoms with van der Waals surface area (Å²) in [5.74, 6) is -0.679. The minimum Gasteiger partial charge on any atom is -0.360 e. The Kier molecular flexibility index (Phi) is 3.16. The molecule has 0 aliphatic rings. The number of hydrogen-bond donors (Lipinski definition) is 2. The summed E-state index contributed by atoms with van der Waals surface area (Å²) in [4.78, 5) is 15.1. The van der Waals surface area contributed by atoms with Crippen molar-refractivity contribution in [3.63, 3.8) is 0 Å². The number of anilines is 1. The second-order valence-electron chi connectivity index (χ2n) is 4.35. The fraction of sp³-hybridized carbons (Fsp3) is 0. The van der Waals surface area contributed by atoms with Gasteiger partial charge < -0.3 is 10.3 Å². The normalized spacial score (nSPS) is 10.7. The third-order valence-corrected chi connectivity index (χ3v) is 3.24. The fourth-order valence-electron chi connectivity index (χ4n) is 2.01. The molecule has 2 N–H and O–H groups in total. The summed E-state index contributed by atoms with van der Waals surface area (Å²) >= 11 is 5.78. The van der Waals surface area contributed by atoms with Crippen LogP contribution in [0.2, 0.25) is 5.02 Å². The van der Waals surface area contributed by atoms with Gasteiger partial charge in [0, 0.05) is 27.8 Å². The molecule has 2 aromatic carbocycles. The zero-order valence-corrected chi connectivity index (χ0v) is 11.0. The molecule has 0 spiro atoms. The lowest BCUT2D eigenvalue weighted by atomic mass is 10.1. The summed E-state index contributed by atoms with van der Waals surface area (Å²) in [6, 6.07) is 11.1. The van der Waals surface area contributed by atoms with Crippen molar-refractivity contribution in [3.8, 4) is 0 Å². The summed E-state index contributed by atoms with van der Waals surface area (Å²) in [5, 5.41) is 3.89. The molecule has 0 bridgehead atoms. The summed E-state index contributed by atoms with van der Waals surface area (Å²) in [5.41, 5.74) is 1.74. The molecule has 0 radical (unpaired) electrons. The van der Waals surface area contributed by atoms with Crippen molar-refractivity contribution >= 4 is 34.1 Å². The van der Waals surface area contributed by atoms with Crippen LogP contribution in [0.3, 0.4) is 0 Å². The van der Waals surface area contributed by atoms with Crippen LogP contribution in [0.1, 0.15) is 10.4 Å². The Morgan fingerprint density at radius 1 is 1.15 bits per heavy atom. The van der Waals surface area contributed by atoms with Crippen molar-refractivity contribution in [2.24, 2.45) is 0 Å². The van der Waals surface area contributed by atoms with E-state index in [2.05, 4.69) is 10.3 Å². The van der Waals surface area contributed by atoms with E-state index in [4.69, 9.17) is 11.6 Å². The van der Waals surface area contributed by atoms with Gasteiger partial charge in [0.15, 0.2) is 0 Å². The van der Waals surface area contributed by atoms with Gasteiger partial charge in [-0.1, -0.05) is 11.6 Å². The van der Waals surface area contributed by atoms with Gasteiger partial charge >= 0.3 is 0 Å². The van der Waals surface area contributed by atoms with Crippen molar-refractivity contribution < 1.29 is 9.18 Å². The zero-order chi connectivity index (χ0) is 14.1. The number of fused-ring (bicyclic) bond motifs is 1. The topological polar surface area (TPSA) is 44.9 Å². The molecular weight excluding hydrogens is 279 g/mol. The number of rotatable bonds is 2. The van der Waals surface area contributed by atoms with Crippen LogP contribution in [0.4, 0.5) is 10.1 Å². The van der Waals surface area contributed by atoms with Crippen molar-refractivity contribution in [3.05, 3.63) is 65.1 Å². The smallest absolute Gasteiger partial charge is 0.257 e. The lowest BCUT2D eigenvalue weighted by molar-refractivity contribution is 0.102. The van der Waals surface area contributed by atoms with Crippen molar-refractivity contribution in [2.75, 3.05) is 5.32 Å². The lowest BCUT2D eigenvalue weighted by Gasteiger charge is -2.04. The molecule has 1 amide bonds. The molecule has 0 unspecified atom stereocenters. The molecule has 3 rings (SSSR count). The maximum Gasteiger partial charge on any atom is 0.257 e. The predicted molar refractivity (Wildman–Crippen MR) is 77.7 cm³/mol. The van der Waals surface area contributed by atoms with Crippen molar-refractivity contribution in [1.29, 1.82) is 0 Å². The van der Waals surface area contributed by atoms with Crippen LogP contribution in [0.15, 0.2) is 48.7 Å². The van der Waals surface area contributed by atoms with E-state index in [-0.39, 0.29) is 11.7 Å². The second-order valence-corrected chi connectivity index (χ2v) is 4.79. The predicted octanol–water partition coefficient (Wildman–Crippen LogP) is 4.21. The van der Waals surface area contributed by atoms with Crippen LogP contribution < -0.4 is 5.32 Å². The molecule has 3 nitrogen and oxygen atoms in total. The minimum atomic E-state index is -0.377. The van der Waals surface area contributed by atoms with Crippen LogP contribution in [0.25, 0.3) is 10.9 Å². The van der Waals surface area contributed by atoms with Gasteiger partial charge in [0.05, 0.1) is 5.56 Å². The number of aromatic nitrogens is 1. The Hall–Kier alpha value is -2.33. The van der Waals surface area contributed by atoms with E-state index >= 15 is 0 Å². The largest absolute Gasteiger partial charge is 0.360 e. The van der Waals surface area contributed by atoms with Crippen LogP contribution in [0, 0.1) is 5.82 Å². The molecule has 0 aliphatic heterocycles. The van der Waals surface area contributed by atoms with Crippen LogP contribution in [-0.4, -0.2) is 10.9 Å². The van der Waals surface area contributed by atoms with Crippen molar-refractivity contribution in [1.82, 2.24) is 4.98 Å². The molecule has 100 valence electrons. The average Bonchev–Trinajstić information content (AvgIpc) is 2.84. The first kappa shape index (κ1) is 12.7. The van der Waals surface area contributed by atoms with Gasteiger partial charge in [-0.3, -0.25) is 4.79 Å². The molecule has 20 heavy (non-hydrogen) atoms. The quantitative estimate of drug-likeness (QED) is 0.729. The number of halogens is 2. The minimum absolute atomic E-state index is 0.302. The average molecular weight is 289 g/mol. The Morgan fingerprint density at radius 3 is 2.65 bits per heavy atom. The number of carbonyl (C=O) groups excluding carboxylic acids is 1. The van der Waals surface area contributed by atoms with E-state index in [1.54, 1.807) is 36.5 Å². The van der Waals surface area contributed by atoms with E-state index in [1.165, 1.54) is 12.1 Å². The van der Waals surface area contributed by atoms with Crippen molar-refractivity contribution in [2.45, 2.75) is 0 Å². The molecule has 5 heteroatoms. The molecule has 1 heterocycles. The first-order valence-electron chi connectivity index (χ1n) is 5.97. The molecule has 0 aliphatic carbocycles. The van der Waals surface area contributed by atoms with E-state index in [0.29, 0.717) is 27.2 Å². The van der Waals surface area contributed by atoms with Gasteiger partial charge in [-0.25, -0.2) is 4.39 Å². The van der Waals surface area contributed by atoms with Gasteiger partial charge in [0.2, 0.25) is 0 Å². The summed E-state index contributed by atoms with van der Waals surface area (Å²) < 4.78 is 13.3. The highest BCUT2D eigenvalue weighted by Gasteiger charge is 2.12. The first-order valence-corrected chi connectivity index (χ1v) is 6.35. The molecule has 0 saturated heterocycles. The van der Waals surface area contributed by atoms with E-state index in [0.717, 1.165) is 0 Å². The molecule has 0 fully saturated rings. The summed E-state index contributed by atoms with van der Waals surface area (Å²) in [6.07, 6.45) is 1.56.